The predicted molar refractivity (Wildman–Crippen MR) is 84.4 cm³/mol. The molecule has 0 fully saturated rings. The van der Waals surface area contributed by atoms with Gasteiger partial charge >= 0.3 is 5.63 Å². The Morgan fingerprint density at radius 2 is 1.95 bits per heavy atom. The first-order valence-electron chi connectivity index (χ1n) is 7.25. The molecule has 0 bridgehead atoms. The molecule has 3 aliphatic rings. The highest BCUT2D eigenvalue weighted by Gasteiger charge is 2.25. The van der Waals surface area contributed by atoms with Crippen molar-refractivity contribution >= 4 is 28.8 Å². The average Bonchev–Trinajstić information content (AvgIpc) is 3.00. The van der Waals surface area contributed by atoms with Crippen LogP contribution in [0.25, 0.3) is 23.1 Å². The van der Waals surface area contributed by atoms with E-state index in [4.69, 9.17) is 4.42 Å². The van der Waals surface area contributed by atoms with Gasteiger partial charge in [0.2, 0.25) is 0 Å². The monoisotopic (exact) mass is 275 g/mol. The van der Waals surface area contributed by atoms with Gasteiger partial charge in [-0.1, -0.05) is 30.4 Å². The Bertz CT molecular complexity index is 944. The van der Waals surface area contributed by atoms with Crippen LogP contribution < -0.4 is 10.5 Å². The molecule has 0 saturated heterocycles. The Morgan fingerprint density at radius 1 is 1.05 bits per heavy atom. The molecule has 3 heterocycles. The van der Waals surface area contributed by atoms with Crippen LogP contribution in [-0.4, -0.2) is 6.54 Å². The molecular weight excluding hydrogens is 262 g/mol. The quantitative estimate of drug-likeness (QED) is 0.692. The molecule has 0 saturated carbocycles. The number of nitrogens with zero attached hydrogens (tertiary/aromatic N) is 1. The van der Waals surface area contributed by atoms with Crippen LogP contribution in [-0.2, 0) is 12.8 Å². The lowest BCUT2D eigenvalue weighted by molar-refractivity contribution is 0.555. The van der Waals surface area contributed by atoms with Crippen LogP contribution in [0.3, 0.4) is 0 Å². The number of allylic oxidation sites excluding steroid dienone is 2. The highest BCUT2D eigenvalue weighted by molar-refractivity contribution is 5.96. The van der Waals surface area contributed by atoms with Crippen molar-refractivity contribution in [2.24, 2.45) is 0 Å². The molecule has 102 valence electrons. The summed E-state index contributed by atoms with van der Waals surface area (Å²) in [6.07, 6.45) is 14.2. The molecule has 3 nitrogen and oxygen atoms in total. The number of anilines is 1. The molecule has 1 aliphatic carbocycles. The van der Waals surface area contributed by atoms with Gasteiger partial charge in [-0.05, 0) is 30.0 Å². The highest BCUT2D eigenvalue weighted by Crippen LogP contribution is 2.40. The van der Waals surface area contributed by atoms with E-state index in [1.54, 1.807) is 0 Å². The van der Waals surface area contributed by atoms with E-state index in [9.17, 15) is 4.79 Å². The number of rotatable bonds is 0. The summed E-state index contributed by atoms with van der Waals surface area (Å²) in [4.78, 5) is 14.4. The van der Waals surface area contributed by atoms with Crippen LogP contribution in [0.15, 0.2) is 39.7 Å². The van der Waals surface area contributed by atoms with Gasteiger partial charge in [0.1, 0.15) is 5.58 Å². The van der Waals surface area contributed by atoms with Crippen LogP contribution in [0.2, 0.25) is 0 Å². The second-order valence-corrected chi connectivity index (χ2v) is 5.70. The maximum atomic E-state index is 12.2. The average molecular weight is 275 g/mol. The summed E-state index contributed by atoms with van der Waals surface area (Å²) in [6.45, 7) is 0.874. The van der Waals surface area contributed by atoms with Gasteiger partial charge in [-0.15, -0.1) is 0 Å². The lowest BCUT2D eigenvalue weighted by atomic mass is 9.93. The standard InChI is InChI=1S/C18H13NO2/c20-18-13-6-1-5-12(13)15-10-11-4-2-8-19-9-3-7-14(16(11)19)17(15)21-18/h1-4,6,9-10H,5,7-8H2. The van der Waals surface area contributed by atoms with Crippen LogP contribution in [0.5, 0.6) is 0 Å². The summed E-state index contributed by atoms with van der Waals surface area (Å²) < 4.78 is 5.68. The van der Waals surface area contributed by atoms with E-state index in [0.717, 1.165) is 47.0 Å². The zero-order chi connectivity index (χ0) is 14.0. The maximum Gasteiger partial charge on any atom is 0.343 e. The van der Waals surface area contributed by atoms with Gasteiger partial charge in [-0.25, -0.2) is 4.79 Å². The fraction of sp³-hybridized carbons (Fsp3) is 0.167. The van der Waals surface area contributed by atoms with Crippen molar-refractivity contribution in [1.29, 1.82) is 0 Å². The minimum absolute atomic E-state index is 0.213. The molecule has 1 aromatic carbocycles. The van der Waals surface area contributed by atoms with Crippen LogP contribution in [0.1, 0.15) is 22.3 Å². The third-order valence-corrected chi connectivity index (χ3v) is 4.54. The van der Waals surface area contributed by atoms with E-state index in [2.05, 4.69) is 35.4 Å². The van der Waals surface area contributed by atoms with Gasteiger partial charge < -0.3 is 9.32 Å². The minimum Gasteiger partial charge on any atom is -0.422 e. The van der Waals surface area contributed by atoms with Crippen LogP contribution >= 0.6 is 0 Å². The zero-order valence-corrected chi connectivity index (χ0v) is 11.4. The van der Waals surface area contributed by atoms with Crippen molar-refractivity contribution in [3.05, 3.63) is 63.2 Å². The molecule has 0 amide bonds. The topological polar surface area (TPSA) is 33.5 Å². The molecule has 2 aromatic rings. The van der Waals surface area contributed by atoms with E-state index < -0.39 is 0 Å². The molecular formula is C18H13NO2. The Morgan fingerprint density at radius 3 is 2.90 bits per heavy atom. The Labute approximate surface area is 121 Å². The number of fused-ring (bicyclic) bond motifs is 4. The van der Waals surface area contributed by atoms with Crippen molar-refractivity contribution in [2.75, 3.05) is 11.4 Å². The number of hydrogen-bond donors (Lipinski definition) is 0. The highest BCUT2D eigenvalue weighted by atomic mass is 16.4. The molecule has 21 heavy (non-hydrogen) atoms. The van der Waals surface area contributed by atoms with Crippen molar-refractivity contribution in [3.8, 4) is 0 Å². The molecule has 0 atom stereocenters. The van der Waals surface area contributed by atoms with Crippen LogP contribution in [0.4, 0.5) is 5.69 Å². The summed E-state index contributed by atoms with van der Waals surface area (Å²) in [5.41, 5.74) is 5.94. The predicted octanol–water partition coefficient (Wildman–Crippen LogP) is 3.27. The molecule has 3 heteroatoms. The fourth-order valence-corrected chi connectivity index (χ4v) is 3.65. The van der Waals surface area contributed by atoms with Gasteiger partial charge in [0.25, 0.3) is 0 Å². The van der Waals surface area contributed by atoms with Gasteiger partial charge in [0.05, 0.1) is 11.3 Å². The fourth-order valence-electron chi connectivity index (χ4n) is 3.65. The van der Waals surface area contributed by atoms with E-state index in [1.807, 2.05) is 12.2 Å². The normalized spacial score (nSPS) is 17.4. The molecule has 0 spiro atoms. The third kappa shape index (κ3) is 1.35. The van der Waals surface area contributed by atoms with Crippen molar-refractivity contribution in [3.63, 3.8) is 0 Å². The largest absolute Gasteiger partial charge is 0.422 e. The van der Waals surface area contributed by atoms with Gasteiger partial charge in [0, 0.05) is 23.7 Å². The minimum atomic E-state index is -0.213. The van der Waals surface area contributed by atoms with E-state index >= 15 is 0 Å². The number of benzene rings is 1. The second kappa shape index (κ2) is 3.76. The van der Waals surface area contributed by atoms with E-state index in [1.165, 1.54) is 11.3 Å². The SMILES string of the molecule is O=c1oc2c3c4c(cc2c2c1C=CC2)C=CCN4C=CC3. The molecule has 0 radical (unpaired) electrons. The van der Waals surface area contributed by atoms with Crippen molar-refractivity contribution in [2.45, 2.75) is 12.8 Å². The third-order valence-electron chi connectivity index (χ3n) is 4.54. The molecule has 2 aliphatic heterocycles. The molecule has 0 unspecified atom stereocenters. The summed E-state index contributed by atoms with van der Waals surface area (Å²) in [6, 6.07) is 2.17. The van der Waals surface area contributed by atoms with E-state index in [-0.39, 0.29) is 5.63 Å². The zero-order valence-electron chi connectivity index (χ0n) is 11.4. The first-order valence-corrected chi connectivity index (χ1v) is 7.25. The molecule has 0 N–H and O–H groups in total. The first-order chi connectivity index (χ1) is 10.3. The smallest absolute Gasteiger partial charge is 0.343 e. The summed E-state index contributed by atoms with van der Waals surface area (Å²) >= 11 is 0. The Hall–Kier alpha value is -2.55. The second-order valence-electron chi connectivity index (χ2n) is 5.70. The molecule has 5 rings (SSSR count). The number of hydrogen-bond acceptors (Lipinski definition) is 3. The van der Waals surface area contributed by atoms with Crippen molar-refractivity contribution < 1.29 is 4.42 Å². The van der Waals surface area contributed by atoms with E-state index in [0.29, 0.717) is 0 Å². The van der Waals surface area contributed by atoms with Crippen molar-refractivity contribution in [1.82, 2.24) is 0 Å². The summed E-state index contributed by atoms with van der Waals surface area (Å²) in [7, 11) is 0. The molecule has 1 aromatic heterocycles. The summed E-state index contributed by atoms with van der Waals surface area (Å²) in [5, 5.41) is 1.09. The summed E-state index contributed by atoms with van der Waals surface area (Å²) in [5.74, 6) is 0. The van der Waals surface area contributed by atoms with Gasteiger partial charge in [-0.2, -0.15) is 0 Å². The van der Waals surface area contributed by atoms with Crippen LogP contribution in [0, 0.1) is 0 Å². The Kier molecular flexibility index (Phi) is 1.99. The Balaban J connectivity index is 1.98. The van der Waals surface area contributed by atoms with Gasteiger partial charge in [0.15, 0.2) is 0 Å². The first kappa shape index (κ1) is 11.1. The lowest BCUT2D eigenvalue weighted by Gasteiger charge is -2.30. The maximum absolute atomic E-state index is 12.2. The van der Waals surface area contributed by atoms with Gasteiger partial charge in [-0.3, -0.25) is 0 Å². The lowest BCUT2D eigenvalue weighted by Crippen LogP contribution is -2.24.